The highest BCUT2D eigenvalue weighted by Crippen LogP contribution is 2.03. The third-order valence-electron chi connectivity index (χ3n) is 1.54. The number of hydrogen-bond donors (Lipinski definition) is 2. The number of alkyl halides is 1. The fourth-order valence-corrected chi connectivity index (χ4v) is 3.62. The molecule has 0 rings (SSSR count). The van der Waals surface area contributed by atoms with E-state index in [4.69, 9.17) is 11.6 Å². The van der Waals surface area contributed by atoms with E-state index in [1.807, 2.05) is 0 Å². The van der Waals surface area contributed by atoms with Crippen molar-refractivity contribution >= 4 is 31.6 Å². The summed E-state index contributed by atoms with van der Waals surface area (Å²) >= 11 is 5.31. The fraction of sp³-hybridized carbons (Fsp3) is 1.00. The molecule has 0 spiro atoms. The maximum Gasteiger partial charge on any atom is 0.212 e. The number of halogens is 1. The molecular weight excluding hydrogens is 276 g/mol. The first-order valence-electron chi connectivity index (χ1n) is 4.50. The van der Waals surface area contributed by atoms with Crippen molar-refractivity contribution in [1.82, 2.24) is 9.44 Å². The van der Waals surface area contributed by atoms with E-state index in [1.165, 1.54) is 0 Å². The average Bonchev–Trinajstić information content (AvgIpc) is 1.97. The molecule has 0 saturated carbocycles. The molecule has 0 aliphatic heterocycles. The van der Waals surface area contributed by atoms with Crippen LogP contribution in [0.5, 0.6) is 0 Å². The molecule has 0 aliphatic carbocycles. The predicted octanol–water partition coefficient (Wildman–Crippen LogP) is -0.528. The minimum Gasteiger partial charge on any atom is -0.213 e. The molecule has 0 fully saturated rings. The molecule has 0 aromatic carbocycles. The van der Waals surface area contributed by atoms with Gasteiger partial charge in [0.15, 0.2) is 0 Å². The number of nitrogens with one attached hydrogen (secondary N) is 2. The number of hydrogen-bond acceptors (Lipinski definition) is 4. The van der Waals surface area contributed by atoms with Crippen LogP contribution in [0.3, 0.4) is 0 Å². The zero-order valence-electron chi connectivity index (χ0n) is 9.45. The lowest BCUT2D eigenvalue weighted by molar-refractivity contribution is 0.446. The third-order valence-corrected chi connectivity index (χ3v) is 4.20. The van der Waals surface area contributed by atoms with Gasteiger partial charge in [0.25, 0.3) is 0 Å². The van der Waals surface area contributed by atoms with Gasteiger partial charge in [-0.05, 0) is 13.8 Å². The van der Waals surface area contributed by atoms with Gasteiger partial charge in [-0.1, -0.05) is 0 Å². The van der Waals surface area contributed by atoms with Gasteiger partial charge in [0, 0.05) is 18.0 Å². The molecule has 16 heavy (non-hydrogen) atoms. The Morgan fingerprint density at radius 3 is 2.06 bits per heavy atom. The smallest absolute Gasteiger partial charge is 0.212 e. The zero-order chi connectivity index (χ0) is 13.0. The van der Waals surface area contributed by atoms with Gasteiger partial charge in [0.05, 0.1) is 12.0 Å². The predicted molar refractivity (Wildman–Crippen MR) is 64.6 cm³/mol. The molecule has 0 atom stereocenters. The minimum atomic E-state index is -3.44. The van der Waals surface area contributed by atoms with Crippen molar-refractivity contribution in [1.29, 1.82) is 0 Å². The first-order chi connectivity index (χ1) is 6.97. The Labute approximate surface area is 102 Å². The van der Waals surface area contributed by atoms with Crippen LogP contribution in [0.2, 0.25) is 0 Å². The van der Waals surface area contributed by atoms with Crippen molar-refractivity contribution in [2.24, 2.45) is 0 Å². The van der Waals surface area contributed by atoms with Crippen LogP contribution in [0, 0.1) is 0 Å². The molecule has 0 bridgehead atoms. The SMILES string of the molecule is CC(C)(CNS(=O)(=O)CCCl)NS(C)(=O)=O. The van der Waals surface area contributed by atoms with Crippen molar-refractivity contribution in [2.45, 2.75) is 19.4 Å². The van der Waals surface area contributed by atoms with E-state index in [0.717, 1.165) is 6.26 Å². The van der Waals surface area contributed by atoms with Gasteiger partial charge < -0.3 is 0 Å². The van der Waals surface area contributed by atoms with Gasteiger partial charge in [-0.15, -0.1) is 11.6 Å². The second kappa shape index (κ2) is 5.63. The largest absolute Gasteiger partial charge is 0.213 e. The van der Waals surface area contributed by atoms with Crippen LogP contribution >= 0.6 is 11.6 Å². The second-order valence-corrected chi connectivity index (χ2v) is 8.14. The van der Waals surface area contributed by atoms with Crippen molar-refractivity contribution in [3.8, 4) is 0 Å². The van der Waals surface area contributed by atoms with Gasteiger partial charge in [-0.25, -0.2) is 26.3 Å². The molecular formula is C7H17ClN2O4S2. The lowest BCUT2D eigenvalue weighted by Gasteiger charge is -2.25. The summed E-state index contributed by atoms with van der Waals surface area (Å²) in [6.07, 6.45) is 1.02. The molecule has 0 heterocycles. The second-order valence-electron chi connectivity index (χ2n) is 4.09. The molecule has 0 radical (unpaired) electrons. The maximum absolute atomic E-state index is 11.3. The summed E-state index contributed by atoms with van der Waals surface area (Å²) in [6, 6.07) is 0. The van der Waals surface area contributed by atoms with Crippen LogP contribution in [-0.4, -0.2) is 46.8 Å². The summed E-state index contributed by atoms with van der Waals surface area (Å²) < 4.78 is 49.1. The van der Waals surface area contributed by atoms with Gasteiger partial charge in [-0.3, -0.25) is 0 Å². The Morgan fingerprint density at radius 1 is 1.19 bits per heavy atom. The first-order valence-corrected chi connectivity index (χ1v) is 8.57. The molecule has 0 aromatic rings. The zero-order valence-corrected chi connectivity index (χ0v) is 11.8. The van der Waals surface area contributed by atoms with Crippen LogP contribution in [-0.2, 0) is 20.0 Å². The van der Waals surface area contributed by atoms with Crippen LogP contribution in [0.4, 0.5) is 0 Å². The number of sulfonamides is 2. The van der Waals surface area contributed by atoms with E-state index in [9.17, 15) is 16.8 Å². The van der Waals surface area contributed by atoms with E-state index in [-0.39, 0.29) is 18.2 Å². The molecule has 0 aromatic heterocycles. The highest BCUT2D eigenvalue weighted by molar-refractivity contribution is 7.89. The molecule has 0 unspecified atom stereocenters. The summed E-state index contributed by atoms with van der Waals surface area (Å²) in [6.45, 7) is 3.13. The Hall–Kier alpha value is 0.110. The van der Waals surface area contributed by atoms with Crippen molar-refractivity contribution in [3.05, 3.63) is 0 Å². The topological polar surface area (TPSA) is 92.3 Å². The van der Waals surface area contributed by atoms with Crippen LogP contribution in [0.15, 0.2) is 0 Å². The quantitative estimate of drug-likeness (QED) is 0.617. The summed E-state index contributed by atoms with van der Waals surface area (Å²) in [4.78, 5) is 0. The first kappa shape index (κ1) is 16.1. The van der Waals surface area contributed by atoms with Crippen molar-refractivity contribution in [3.63, 3.8) is 0 Å². The fourth-order valence-electron chi connectivity index (χ4n) is 1.00. The summed E-state index contributed by atoms with van der Waals surface area (Å²) in [5.41, 5.74) is -0.882. The van der Waals surface area contributed by atoms with E-state index >= 15 is 0 Å². The van der Waals surface area contributed by atoms with E-state index < -0.39 is 25.6 Å². The van der Waals surface area contributed by atoms with Gasteiger partial charge in [-0.2, -0.15) is 0 Å². The molecule has 6 nitrogen and oxygen atoms in total. The Bertz CT molecular complexity index is 416. The molecule has 9 heteroatoms. The number of rotatable bonds is 7. The Kier molecular flexibility index (Phi) is 5.67. The highest BCUT2D eigenvalue weighted by atomic mass is 35.5. The molecule has 98 valence electrons. The van der Waals surface area contributed by atoms with E-state index in [1.54, 1.807) is 13.8 Å². The van der Waals surface area contributed by atoms with Crippen LogP contribution < -0.4 is 9.44 Å². The summed E-state index contributed by atoms with van der Waals surface area (Å²) in [7, 11) is -6.81. The lowest BCUT2D eigenvalue weighted by atomic mass is 10.1. The highest BCUT2D eigenvalue weighted by Gasteiger charge is 2.24. The molecule has 0 amide bonds. The molecule has 0 saturated heterocycles. The Morgan fingerprint density at radius 2 is 1.69 bits per heavy atom. The maximum atomic E-state index is 11.3. The van der Waals surface area contributed by atoms with Crippen molar-refractivity contribution < 1.29 is 16.8 Å². The molecule has 2 N–H and O–H groups in total. The standard InChI is InChI=1S/C7H17ClN2O4S2/c1-7(2,10-15(3,11)12)6-9-16(13,14)5-4-8/h9-10H,4-6H2,1-3H3. The Balaban J connectivity index is 4.41. The van der Waals surface area contributed by atoms with Gasteiger partial charge in [0.2, 0.25) is 20.0 Å². The third kappa shape index (κ3) is 8.28. The van der Waals surface area contributed by atoms with Gasteiger partial charge in [0.1, 0.15) is 0 Å². The minimum absolute atomic E-state index is 0.00470. The van der Waals surface area contributed by atoms with Crippen LogP contribution in [0.25, 0.3) is 0 Å². The van der Waals surface area contributed by atoms with E-state index in [0.29, 0.717) is 0 Å². The molecule has 0 aliphatic rings. The average molecular weight is 293 g/mol. The monoisotopic (exact) mass is 292 g/mol. The summed E-state index contributed by atoms with van der Waals surface area (Å²) in [5.74, 6) is -0.196. The lowest BCUT2D eigenvalue weighted by Crippen LogP contribution is -2.51. The van der Waals surface area contributed by atoms with Crippen LogP contribution in [0.1, 0.15) is 13.8 Å². The van der Waals surface area contributed by atoms with Gasteiger partial charge >= 0.3 is 0 Å². The van der Waals surface area contributed by atoms with E-state index in [2.05, 4.69) is 9.44 Å². The summed E-state index contributed by atoms with van der Waals surface area (Å²) in [5, 5.41) is 0. The normalized spacial score (nSPS) is 14.0. The van der Waals surface area contributed by atoms with Crippen molar-refractivity contribution in [2.75, 3.05) is 24.4 Å².